The third-order valence-electron chi connectivity index (χ3n) is 0.843. The molecule has 0 unspecified atom stereocenters. The van der Waals surface area contributed by atoms with Gasteiger partial charge in [0.05, 0.1) is 0 Å². The van der Waals surface area contributed by atoms with Gasteiger partial charge in [0.1, 0.15) is 0 Å². The van der Waals surface area contributed by atoms with Crippen molar-refractivity contribution in [2.24, 2.45) is 0 Å². The average Bonchev–Trinajstić information content (AvgIpc) is 1.64. The third kappa shape index (κ3) is 3.90. The molecule has 0 heterocycles. The Morgan fingerprint density at radius 2 is 1.44 bits per heavy atom. The summed E-state index contributed by atoms with van der Waals surface area (Å²) in [4.78, 5) is -1.05. The van der Waals surface area contributed by atoms with Crippen molar-refractivity contribution in [3.8, 4) is 0 Å². The van der Waals surface area contributed by atoms with Gasteiger partial charge in [-0.2, -0.15) is 10.4 Å². The topological polar surface area (TPSA) is 40.5 Å². The first-order valence-electron chi connectivity index (χ1n) is 2.67. The van der Waals surface area contributed by atoms with Gasteiger partial charge in [0.2, 0.25) is 0 Å². The number of nitrogens with zero attached hydrogens (tertiary/aromatic N) is 1. The van der Waals surface area contributed by atoms with Gasteiger partial charge in [-0.25, -0.2) is 0 Å². The van der Waals surface area contributed by atoms with Crippen LogP contribution in [0.2, 0.25) is 0 Å². The molecule has 0 bridgehead atoms. The predicted octanol–water partition coefficient (Wildman–Crippen LogP) is 0.954. The average molecular weight is 130 g/mol. The van der Waals surface area contributed by atoms with E-state index in [2.05, 4.69) is 13.2 Å². The highest BCUT2D eigenvalue weighted by Crippen LogP contribution is 1.93. The Labute approximate surface area is 54.7 Å². The molecule has 0 fully saturated rings. The molecular weight excluding hydrogens is 118 g/mol. The lowest BCUT2D eigenvalue weighted by Gasteiger charge is -2.16. The smallest absolute Gasteiger partial charge is 0.160 e. The quantitative estimate of drug-likeness (QED) is 0.338. The fourth-order valence-electron chi connectivity index (χ4n) is 0.488. The Kier molecular flexibility index (Phi) is 3.16. The van der Waals surface area contributed by atoms with Crippen LogP contribution in [0.3, 0.4) is 0 Å². The number of quaternary nitrogens is 1. The van der Waals surface area contributed by atoms with Crippen LogP contribution in [-0.4, -0.2) is 28.3 Å². The lowest BCUT2D eigenvalue weighted by Crippen LogP contribution is -2.41. The molecule has 0 amide bonds. The van der Waals surface area contributed by atoms with Crippen LogP contribution in [0, 0.1) is 0 Å². The zero-order valence-electron chi connectivity index (χ0n) is 5.32. The van der Waals surface area contributed by atoms with Crippen molar-refractivity contribution in [2.75, 3.05) is 13.1 Å². The minimum Gasteiger partial charge on any atom is -0.182 e. The summed E-state index contributed by atoms with van der Waals surface area (Å²) in [6.07, 6.45) is 2.87. The SMILES string of the molecule is C=CC[N+](O)(O)CC=C. The first-order valence-corrected chi connectivity index (χ1v) is 2.67. The van der Waals surface area contributed by atoms with Crippen molar-refractivity contribution in [2.45, 2.75) is 0 Å². The van der Waals surface area contributed by atoms with Gasteiger partial charge >= 0.3 is 0 Å². The van der Waals surface area contributed by atoms with Gasteiger partial charge in [-0.05, 0) is 17.0 Å². The molecule has 0 radical (unpaired) electrons. The molecule has 0 atom stereocenters. The van der Waals surface area contributed by atoms with Crippen LogP contribution in [0.25, 0.3) is 0 Å². The molecule has 2 N–H and O–H groups in total. The van der Waals surface area contributed by atoms with Gasteiger partial charge < -0.3 is 0 Å². The molecule has 0 spiro atoms. The minimum absolute atomic E-state index is 0.117. The van der Waals surface area contributed by atoms with E-state index >= 15 is 0 Å². The molecule has 0 aliphatic heterocycles. The van der Waals surface area contributed by atoms with Crippen molar-refractivity contribution in [3.05, 3.63) is 25.3 Å². The van der Waals surface area contributed by atoms with E-state index in [1.165, 1.54) is 12.2 Å². The second-order valence-corrected chi connectivity index (χ2v) is 1.82. The van der Waals surface area contributed by atoms with E-state index in [9.17, 15) is 0 Å². The van der Waals surface area contributed by atoms with Crippen molar-refractivity contribution in [1.29, 1.82) is 0 Å². The molecule has 0 aromatic rings. The van der Waals surface area contributed by atoms with E-state index in [4.69, 9.17) is 10.4 Å². The maximum atomic E-state index is 8.86. The van der Waals surface area contributed by atoms with E-state index in [1.807, 2.05) is 0 Å². The molecule has 0 aromatic heterocycles. The fourth-order valence-corrected chi connectivity index (χ4v) is 0.488. The van der Waals surface area contributed by atoms with E-state index in [1.54, 1.807) is 0 Å². The Hall–Kier alpha value is -0.640. The molecule has 0 saturated carbocycles. The number of hydrogen-bond donors (Lipinski definition) is 2. The molecule has 52 valence electrons. The summed E-state index contributed by atoms with van der Waals surface area (Å²) in [6, 6.07) is 0. The van der Waals surface area contributed by atoms with Crippen molar-refractivity contribution < 1.29 is 15.2 Å². The number of hydrogen-bond acceptors (Lipinski definition) is 2. The monoisotopic (exact) mass is 130 g/mol. The van der Waals surface area contributed by atoms with E-state index < -0.39 is 4.81 Å². The van der Waals surface area contributed by atoms with Crippen molar-refractivity contribution >= 4 is 0 Å². The molecule has 3 heteroatoms. The van der Waals surface area contributed by atoms with Crippen molar-refractivity contribution in [3.63, 3.8) is 0 Å². The summed E-state index contributed by atoms with van der Waals surface area (Å²) in [6.45, 7) is 6.95. The zero-order chi connectivity index (χ0) is 7.33. The molecule has 0 aromatic carbocycles. The van der Waals surface area contributed by atoms with Crippen LogP contribution in [0.5, 0.6) is 0 Å². The Bertz CT molecular complexity index is 97.6. The highest BCUT2D eigenvalue weighted by Gasteiger charge is 2.16. The summed E-state index contributed by atoms with van der Waals surface area (Å²) in [5.74, 6) is 0. The van der Waals surface area contributed by atoms with Gasteiger partial charge in [-0.3, -0.25) is 0 Å². The van der Waals surface area contributed by atoms with Gasteiger partial charge in [-0.15, -0.1) is 0 Å². The Balaban J connectivity index is 3.68. The van der Waals surface area contributed by atoms with Crippen LogP contribution >= 0.6 is 0 Å². The lowest BCUT2D eigenvalue weighted by molar-refractivity contribution is -1.24. The summed E-state index contributed by atoms with van der Waals surface area (Å²) in [7, 11) is 0. The zero-order valence-corrected chi connectivity index (χ0v) is 5.32. The van der Waals surface area contributed by atoms with Crippen LogP contribution in [0.4, 0.5) is 0 Å². The first-order chi connectivity index (χ1) is 4.12. The second-order valence-electron chi connectivity index (χ2n) is 1.82. The van der Waals surface area contributed by atoms with Crippen LogP contribution in [0.15, 0.2) is 25.3 Å². The van der Waals surface area contributed by atoms with E-state index in [0.717, 1.165) is 0 Å². The summed E-state index contributed by atoms with van der Waals surface area (Å²) >= 11 is 0. The second kappa shape index (κ2) is 3.40. The highest BCUT2D eigenvalue weighted by molar-refractivity contribution is 4.67. The molecule has 0 saturated heterocycles. The van der Waals surface area contributed by atoms with Gasteiger partial charge in [0.25, 0.3) is 0 Å². The van der Waals surface area contributed by atoms with E-state index in [0.29, 0.717) is 0 Å². The molecule has 9 heavy (non-hydrogen) atoms. The first kappa shape index (κ1) is 8.36. The normalized spacial score (nSPS) is 10.9. The third-order valence-corrected chi connectivity index (χ3v) is 0.843. The van der Waals surface area contributed by atoms with Gasteiger partial charge in [-0.1, -0.05) is 13.2 Å². The van der Waals surface area contributed by atoms with Crippen LogP contribution < -0.4 is 0 Å². The van der Waals surface area contributed by atoms with Gasteiger partial charge in [0.15, 0.2) is 13.1 Å². The van der Waals surface area contributed by atoms with Gasteiger partial charge in [0, 0.05) is 0 Å². The Morgan fingerprint density at radius 1 is 1.11 bits per heavy atom. The maximum Gasteiger partial charge on any atom is 0.160 e. The predicted molar refractivity (Wildman–Crippen MR) is 34.0 cm³/mol. The molecule has 3 nitrogen and oxygen atoms in total. The van der Waals surface area contributed by atoms with Crippen molar-refractivity contribution in [1.82, 2.24) is 0 Å². The van der Waals surface area contributed by atoms with E-state index in [-0.39, 0.29) is 13.1 Å². The molecule has 0 aliphatic rings. The Morgan fingerprint density at radius 3 is 1.67 bits per heavy atom. The van der Waals surface area contributed by atoms with Crippen LogP contribution in [-0.2, 0) is 0 Å². The molecule has 0 rings (SSSR count). The van der Waals surface area contributed by atoms with Crippen LogP contribution in [0.1, 0.15) is 0 Å². The highest BCUT2D eigenvalue weighted by atomic mass is 16.8. The number of rotatable bonds is 4. The number of hydroxylamine groups is 4. The lowest BCUT2D eigenvalue weighted by atomic mass is 10.5. The largest absolute Gasteiger partial charge is 0.182 e. The summed E-state index contributed by atoms with van der Waals surface area (Å²) < 4.78 is 0. The maximum absolute atomic E-state index is 8.86. The molecule has 0 aliphatic carbocycles. The fraction of sp³-hybridized carbons (Fsp3) is 0.333. The summed E-state index contributed by atoms with van der Waals surface area (Å²) in [5.41, 5.74) is 0. The molecular formula is C6H12NO2+. The minimum atomic E-state index is -1.05. The standard InChI is InChI=1S/C6H12NO2/c1-3-5-7(8,9)6-4-2/h3-4,8-9H,1-2,5-6H2/q+1. The summed E-state index contributed by atoms with van der Waals surface area (Å²) in [5, 5.41) is 17.7.